The number of hydrogen-bond acceptors (Lipinski definition) is 3. The van der Waals surface area contributed by atoms with Crippen molar-refractivity contribution in [2.45, 2.75) is 57.5 Å². The van der Waals surface area contributed by atoms with E-state index in [1.807, 2.05) is 30.3 Å². The molecule has 1 saturated heterocycles. The Kier molecular flexibility index (Phi) is 7.48. The SMILES string of the molecule is CCNC1CCC(N2CCC(Cc3ccc(NC(=O)c4ccccc4)cc3Cl)C2=O)CC1. The van der Waals surface area contributed by atoms with E-state index in [0.29, 0.717) is 34.8 Å². The van der Waals surface area contributed by atoms with Gasteiger partial charge >= 0.3 is 0 Å². The minimum atomic E-state index is -0.167. The first kappa shape index (κ1) is 22.8. The summed E-state index contributed by atoms with van der Waals surface area (Å²) in [5.41, 5.74) is 2.22. The summed E-state index contributed by atoms with van der Waals surface area (Å²) in [5.74, 6) is 0.0954. The second-order valence-corrected chi connectivity index (χ2v) is 9.32. The monoisotopic (exact) mass is 453 g/mol. The van der Waals surface area contributed by atoms with Gasteiger partial charge < -0.3 is 15.5 Å². The molecule has 0 bridgehead atoms. The van der Waals surface area contributed by atoms with Crippen LogP contribution >= 0.6 is 11.6 Å². The molecular weight excluding hydrogens is 422 g/mol. The van der Waals surface area contributed by atoms with E-state index in [-0.39, 0.29) is 17.7 Å². The number of halogens is 1. The number of rotatable bonds is 7. The van der Waals surface area contributed by atoms with Crippen molar-refractivity contribution in [1.82, 2.24) is 10.2 Å². The van der Waals surface area contributed by atoms with Crippen LogP contribution in [0.25, 0.3) is 0 Å². The number of benzene rings is 2. The van der Waals surface area contributed by atoms with Gasteiger partial charge in [0.2, 0.25) is 5.91 Å². The summed E-state index contributed by atoms with van der Waals surface area (Å²) >= 11 is 6.53. The molecule has 1 atom stereocenters. The molecule has 1 unspecified atom stereocenters. The molecule has 5 nitrogen and oxygen atoms in total. The zero-order chi connectivity index (χ0) is 22.5. The summed E-state index contributed by atoms with van der Waals surface area (Å²) < 4.78 is 0. The molecule has 2 aliphatic rings. The van der Waals surface area contributed by atoms with Crippen molar-refractivity contribution >= 4 is 29.1 Å². The largest absolute Gasteiger partial charge is 0.339 e. The molecule has 0 radical (unpaired) electrons. The molecule has 32 heavy (non-hydrogen) atoms. The zero-order valence-electron chi connectivity index (χ0n) is 18.6. The summed E-state index contributed by atoms with van der Waals surface area (Å²) in [6.45, 7) is 4.01. The van der Waals surface area contributed by atoms with Crippen LogP contribution < -0.4 is 10.6 Å². The van der Waals surface area contributed by atoms with Gasteiger partial charge in [-0.3, -0.25) is 9.59 Å². The third kappa shape index (κ3) is 5.33. The van der Waals surface area contributed by atoms with Gasteiger partial charge in [-0.1, -0.05) is 42.8 Å². The third-order valence-corrected chi connectivity index (χ3v) is 7.15. The second-order valence-electron chi connectivity index (χ2n) is 8.91. The van der Waals surface area contributed by atoms with Crippen LogP contribution in [0.3, 0.4) is 0 Å². The Morgan fingerprint density at radius 3 is 2.50 bits per heavy atom. The zero-order valence-corrected chi connectivity index (χ0v) is 19.4. The van der Waals surface area contributed by atoms with E-state index in [1.54, 1.807) is 18.2 Å². The normalized spacial score (nSPS) is 23.4. The summed E-state index contributed by atoms with van der Waals surface area (Å²) in [7, 11) is 0. The fraction of sp³-hybridized carbons (Fsp3) is 0.462. The maximum absolute atomic E-state index is 13.1. The summed E-state index contributed by atoms with van der Waals surface area (Å²) in [4.78, 5) is 27.6. The molecule has 2 N–H and O–H groups in total. The molecule has 1 saturated carbocycles. The first-order valence-corrected chi connectivity index (χ1v) is 12.1. The fourth-order valence-electron chi connectivity index (χ4n) is 5.04. The molecule has 0 spiro atoms. The van der Waals surface area contributed by atoms with E-state index in [9.17, 15) is 9.59 Å². The first-order chi connectivity index (χ1) is 15.5. The quantitative estimate of drug-likeness (QED) is 0.626. The van der Waals surface area contributed by atoms with Crippen LogP contribution in [-0.2, 0) is 11.2 Å². The van der Waals surface area contributed by atoms with Crippen LogP contribution in [0.15, 0.2) is 48.5 Å². The lowest BCUT2D eigenvalue weighted by molar-refractivity contribution is -0.133. The van der Waals surface area contributed by atoms with Crippen LogP contribution in [0, 0.1) is 5.92 Å². The lowest BCUT2D eigenvalue weighted by atomic mass is 9.90. The van der Waals surface area contributed by atoms with Gasteiger partial charge in [0.05, 0.1) is 0 Å². The van der Waals surface area contributed by atoms with Gasteiger partial charge in [-0.25, -0.2) is 0 Å². The molecule has 0 aromatic heterocycles. The molecule has 2 fully saturated rings. The average molecular weight is 454 g/mol. The number of carbonyl (C=O) groups excluding carboxylic acids is 2. The van der Waals surface area contributed by atoms with Gasteiger partial charge in [-0.2, -0.15) is 0 Å². The molecule has 1 aliphatic heterocycles. The van der Waals surface area contributed by atoms with Crippen LogP contribution in [0.5, 0.6) is 0 Å². The highest BCUT2D eigenvalue weighted by molar-refractivity contribution is 6.31. The van der Waals surface area contributed by atoms with Crippen molar-refractivity contribution in [1.29, 1.82) is 0 Å². The van der Waals surface area contributed by atoms with E-state index < -0.39 is 0 Å². The van der Waals surface area contributed by atoms with Crippen LogP contribution in [0.4, 0.5) is 5.69 Å². The number of nitrogens with one attached hydrogen (secondary N) is 2. The second kappa shape index (κ2) is 10.5. The first-order valence-electron chi connectivity index (χ1n) is 11.7. The molecule has 2 amide bonds. The van der Waals surface area contributed by atoms with Crippen molar-refractivity contribution in [3.8, 4) is 0 Å². The number of amides is 2. The topological polar surface area (TPSA) is 61.4 Å². The standard InChI is InChI=1S/C26H32ClN3O2/c1-2-28-21-10-12-23(13-11-21)30-15-14-20(26(30)32)16-19-8-9-22(17-24(19)27)29-25(31)18-6-4-3-5-7-18/h3-9,17,20-21,23,28H,2,10-16H2,1H3,(H,29,31). The lowest BCUT2D eigenvalue weighted by Gasteiger charge is -2.35. The van der Waals surface area contributed by atoms with Gasteiger partial charge in [0.15, 0.2) is 0 Å². The highest BCUT2D eigenvalue weighted by Crippen LogP contribution is 2.32. The number of carbonyl (C=O) groups is 2. The van der Waals surface area contributed by atoms with Crippen LogP contribution in [-0.4, -0.2) is 41.9 Å². The van der Waals surface area contributed by atoms with Gasteiger partial charge in [-0.05, 0) is 74.9 Å². The number of anilines is 1. The predicted molar refractivity (Wildman–Crippen MR) is 129 cm³/mol. The average Bonchev–Trinajstić information content (AvgIpc) is 3.17. The Morgan fingerprint density at radius 2 is 1.81 bits per heavy atom. The highest BCUT2D eigenvalue weighted by atomic mass is 35.5. The van der Waals surface area contributed by atoms with Crippen molar-refractivity contribution < 1.29 is 9.59 Å². The van der Waals surface area contributed by atoms with E-state index in [1.165, 1.54) is 0 Å². The molecule has 4 rings (SSSR count). The molecule has 2 aromatic rings. The number of likely N-dealkylation sites (tertiary alicyclic amines) is 1. The molecule has 6 heteroatoms. The third-order valence-electron chi connectivity index (χ3n) is 6.79. The molecule has 170 valence electrons. The van der Waals surface area contributed by atoms with E-state index in [2.05, 4.69) is 22.5 Å². The molecular formula is C26H32ClN3O2. The molecule has 1 heterocycles. The Labute approximate surface area is 195 Å². The Hall–Kier alpha value is -2.37. The van der Waals surface area contributed by atoms with Crippen molar-refractivity contribution in [2.24, 2.45) is 5.92 Å². The minimum absolute atomic E-state index is 0.0104. The fourth-order valence-corrected chi connectivity index (χ4v) is 5.30. The maximum Gasteiger partial charge on any atom is 0.255 e. The molecule has 1 aliphatic carbocycles. The van der Waals surface area contributed by atoms with Crippen LogP contribution in [0.1, 0.15) is 54.9 Å². The minimum Gasteiger partial charge on any atom is -0.339 e. The summed E-state index contributed by atoms with van der Waals surface area (Å²) in [5, 5.41) is 7.01. The highest BCUT2D eigenvalue weighted by Gasteiger charge is 2.37. The lowest BCUT2D eigenvalue weighted by Crippen LogP contribution is -2.43. The Balaban J connectivity index is 1.33. The Morgan fingerprint density at radius 1 is 1.06 bits per heavy atom. The molecule has 2 aromatic carbocycles. The Bertz CT molecular complexity index is 941. The maximum atomic E-state index is 13.1. The smallest absolute Gasteiger partial charge is 0.255 e. The summed E-state index contributed by atoms with van der Waals surface area (Å²) in [6, 6.07) is 15.6. The van der Waals surface area contributed by atoms with E-state index in [4.69, 9.17) is 11.6 Å². The van der Waals surface area contributed by atoms with E-state index in [0.717, 1.165) is 50.8 Å². The van der Waals surface area contributed by atoms with Gasteiger partial charge in [0, 0.05) is 40.8 Å². The van der Waals surface area contributed by atoms with Gasteiger partial charge in [-0.15, -0.1) is 0 Å². The predicted octanol–water partition coefficient (Wildman–Crippen LogP) is 4.90. The van der Waals surface area contributed by atoms with E-state index >= 15 is 0 Å². The van der Waals surface area contributed by atoms with Crippen molar-refractivity contribution in [2.75, 3.05) is 18.4 Å². The van der Waals surface area contributed by atoms with Gasteiger partial charge in [0.1, 0.15) is 0 Å². The van der Waals surface area contributed by atoms with Crippen molar-refractivity contribution in [3.05, 3.63) is 64.7 Å². The van der Waals surface area contributed by atoms with Crippen LogP contribution in [0.2, 0.25) is 5.02 Å². The summed E-state index contributed by atoms with van der Waals surface area (Å²) in [6.07, 6.45) is 6.01. The number of nitrogens with zero attached hydrogens (tertiary/aromatic N) is 1. The van der Waals surface area contributed by atoms with Crippen molar-refractivity contribution in [3.63, 3.8) is 0 Å². The number of hydrogen-bond donors (Lipinski definition) is 2. The van der Waals surface area contributed by atoms with Gasteiger partial charge in [0.25, 0.3) is 5.91 Å².